The van der Waals surface area contributed by atoms with E-state index < -0.39 is 27.0 Å². The molecule has 1 N–H and O–H groups in total. The number of carbonyl (C=O) groups excluding carboxylic acids is 1. The Morgan fingerprint density at radius 3 is 1.96 bits per heavy atom. The molecule has 0 radical (unpaired) electrons. The number of amides is 1. The predicted molar refractivity (Wildman–Crippen MR) is 89.2 cm³/mol. The Balaban J connectivity index is 2.69. The fourth-order valence-electron chi connectivity index (χ4n) is 1.80. The molecule has 0 saturated carbocycles. The third kappa shape index (κ3) is 3.68. The van der Waals surface area contributed by atoms with Crippen molar-refractivity contribution in [1.82, 2.24) is 4.98 Å². The fourth-order valence-corrected chi connectivity index (χ4v) is 3.79. The zero-order valence-corrected chi connectivity index (χ0v) is 14.4. The average Bonchev–Trinajstić information content (AvgIpc) is 2.54. The summed E-state index contributed by atoms with van der Waals surface area (Å²) in [5, 5.41) is 8.99. The lowest BCUT2D eigenvalue weighted by Crippen LogP contribution is -2.20. The minimum absolute atomic E-state index is 0.0670. The zero-order chi connectivity index (χ0) is 18.0. The van der Waals surface area contributed by atoms with Gasteiger partial charge in [0.05, 0.1) is 15.4 Å². The van der Waals surface area contributed by atoms with Gasteiger partial charge in [-0.3, -0.25) is 9.78 Å². The maximum atomic E-state index is 13.6. The number of pyridine rings is 1. The van der Waals surface area contributed by atoms with Crippen molar-refractivity contribution in [3.05, 3.63) is 54.4 Å². The number of carboxylic acid groups (broad SMARTS) is 1. The van der Waals surface area contributed by atoms with E-state index in [1.807, 2.05) is 0 Å². The van der Waals surface area contributed by atoms with Gasteiger partial charge in [-0.25, -0.2) is 9.00 Å². The highest BCUT2D eigenvalue weighted by Gasteiger charge is 2.25. The number of benzene rings is 1. The van der Waals surface area contributed by atoms with Gasteiger partial charge in [-0.1, -0.05) is 20.8 Å². The van der Waals surface area contributed by atoms with Crippen LogP contribution in [0.4, 0.5) is 0 Å². The summed E-state index contributed by atoms with van der Waals surface area (Å²) in [6.07, 6.45) is 2.94. The summed E-state index contributed by atoms with van der Waals surface area (Å²) in [5.74, 6) is -1.58. The van der Waals surface area contributed by atoms with E-state index in [-0.39, 0.29) is 10.5 Å². The maximum absolute atomic E-state index is 13.6. The van der Waals surface area contributed by atoms with Crippen LogP contribution in [0, 0.1) is 5.41 Å². The quantitative estimate of drug-likeness (QED) is 0.920. The number of rotatable bonds is 3. The first-order valence-electron chi connectivity index (χ1n) is 7.19. The van der Waals surface area contributed by atoms with Gasteiger partial charge < -0.3 is 5.11 Å². The van der Waals surface area contributed by atoms with Gasteiger partial charge in [0.15, 0.2) is 0 Å². The van der Waals surface area contributed by atoms with E-state index >= 15 is 0 Å². The van der Waals surface area contributed by atoms with Crippen LogP contribution in [0.25, 0.3) is 0 Å². The molecule has 24 heavy (non-hydrogen) atoms. The van der Waals surface area contributed by atoms with Crippen molar-refractivity contribution in [1.29, 1.82) is 0 Å². The van der Waals surface area contributed by atoms with E-state index in [9.17, 15) is 13.8 Å². The Morgan fingerprint density at radius 1 is 1.00 bits per heavy atom. The van der Waals surface area contributed by atoms with Gasteiger partial charge in [-0.05, 0) is 36.4 Å². The normalized spacial score (nSPS) is 13.8. The number of nitrogens with zero attached hydrogens (tertiary/aromatic N) is 2. The first kappa shape index (κ1) is 17.8. The number of carbonyl (C=O) groups is 2. The first-order chi connectivity index (χ1) is 11.1. The summed E-state index contributed by atoms with van der Waals surface area (Å²) < 4.78 is 17.6. The molecular weight excluding hydrogens is 328 g/mol. The predicted octanol–water partition coefficient (Wildman–Crippen LogP) is 3.24. The Labute approximate surface area is 140 Å². The van der Waals surface area contributed by atoms with E-state index in [4.69, 9.17) is 5.11 Å². The third-order valence-corrected chi connectivity index (χ3v) is 5.49. The molecule has 0 bridgehead atoms. The molecule has 1 atom stereocenters. The van der Waals surface area contributed by atoms with Gasteiger partial charge in [0.25, 0.3) is 5.91 Å². The van der Waals surface area contributed by atoms with Crippen molar-refractivity contribution in [2.75, 3.05) is 0 Å². The van der Waals surface area contributed by atoms with E-state index in [0.29, 0.717) is 4.90 Å². The van der Waals surface area contributed by atoms with E-state index in [0.717, 1.165) is 0 Å². The molecule has 1 amide bonds. The second kappa shape index (κ2) is 6.52. The Kier molecular flexibility index (Phi) is 4.84. The fraction of sp³-hybridized carbons (Fsp3) is 0.235. The van der Waals surface area contributed by atoms with Crippen LogP contribution >= 0.6 is 0 Å². The van der Waals surface area contributed by atoms with Gasteiger partial charge >= 0.3 is 5.97 Å². The molecule has 1 unspecified atom stereocenters. The summed E-state index contributed by atoms with van der Waals surface area (Å²) >= 11 is 0. The first-order valence-corrected chi connectivity index (χ1v) is 8.71. The second-order valence-electron chi connectivity index (χ2n) is 6.18. The number of hydrogen-bond acceptors (Lipinski definition) is 4. The second-order valence-corrected chi connectivity index (χ2v) is 8.36. The molecule has 2 rings (SSSR count). The number of hydrogen-bond donors (Lipinski definition) is 1. The van der Waals surface area contributed by atoms with Crippen LogP contribution in [0.1, 0.15) is 31.1 Å². The molecule has 6 nitrogen and oxygen atoms in total. The topological polar surface area (TPSA) is 96.7 Å². The number of carboxylic acids is 1. The summed E-state index contributed by atoms with van der Waals surface area (Å²) in [7, 11) is -3.23. The molecule has 1 heterocycles. The Bertz CT molecular complexity index is 875. The average molecular weight is 346 g/mol. The Hall–Kier alpha value is -2.54. The summed E-state index contributed by atoms with van der Waals surface area (Å²) in [6, 6.07) is 8.60. The minimum Gasteiger partial charge on any atom is -0.478 e. The van der Waals surface area contributed by atoms with Crippen LogP contribution in [0.2, 0.25) is 0 Å². The minimum atomic E-state index is -3.23. The molecule has 7 heteroatoms. The molecule has 0 aliphatic rings. The third-order valence-electron chi connectivity index (χ3n) is 3.24. The lowest BCUT2D eigenvalue weighted by molar-refractivity contribution is -0.124. The molecule has 0 spiro atoms. The van der Waals surface area contributed by atoms with Crippen molar-refractivity contribution in [2.45, 2.75) is 30.6 Å². The molecule has 0 aliphatic heterocycles. The SMILES string of the molecule is CC(C)(C)C(=O)N=S(=O)(c1ccncc1)c1ccc(C(=O)O)cc1. The van der Waals surface area contributed by atoms with Gasteiger partial charge in [0.2, 0.25) is 0 Å². The van der Waals surface area contributed by atoms with Crippen LogP contribution in [-0.2, 0) is 14.5 Å². The van der Waals surface area contributed by atoms with Crippen LogP contribution in [0.3, 0.4) is 0 Å². The van der Waals surface area contributed by atoms with Crippen molar-refractivity contribution in [2.24, 2.45) is 9.78 Å². The monoisotopic (exact) mass is 346 g/mol. The number of aromatic nitrogens is 1. The van der Waals surface area contributed by atoms with E-state index in [2.05, 4.69) is 9.35 Å². The molecule has 126 valence electrons. The van der Waals surface area contributed by atoms with Crippen LogP contribution in [0.5, 0.6) is 0 Å². The number of aromatic carboxylic acids is 1. The van der Waals surface area contributed by atoms with Gasteiger partial charge in [0, 0.05) is 17.8 Å². The van der Waals surface area contributed by atoms with Crippen LogP contribution in [-0.4, -0.2) is 26.2 Å². The molecule has 0 aliphatic carbocycles. The highest BCUT2D eigenvalue weighted by Crippen LogP contribution is 2.26. The lowest BCUT2D eigenvalue weighted by atomic mass is 9.96. The molecule has 1 aromatic heterocycles. The maximum Gasteiger partial charge on any atom is 0.335 e. The molecular formula is C17H18N2O4S. The molecule has 0 saturated heterocycles. The van der Waals surface area contributed by atoms with Gasteiger partial charge in [-0.2, -0.15) is 4.36 Å². The Morgan fingerprint density at radius 2 is 1.50 bits per heavy atom. The van der Waals surface area contributed by atoms with E-state index in [1.165, 1.54) is 48.8 Å². The van der Waals surface area contributed by atoms with Gasteiger partial charge in [0.1, 0.15) is 9.73 Å². The van der Waals surface area contributed by atoms with E-state index in [1.54, 1.807) is 20.8 Å². The summed E-state index contributed by atoms with van der Waals surface area (Å²) in [5.41, 5.74) is -0.714. The standard InChI is InChI=1S/C17H18N2O4S/c1-17(2,3)16(22)19-24(23,14-8-10-18-11-9-14)13-6-4-12(5-7-13)15(20)21/h4-11H,1-3H3,(H,20,21). The van der Waals surface area contributed by atoms with Crippen LogP contribution < -0.4 is 0 Å². The smallest absolute Gasteiger partial charge is 0.335 e. The van der Waals surface area contributed by atoms with Crippen LogP contribution in [0.15, 0.2) is 62.9 Å². The van der Waals surface area contributed by atoms with Crippen molar-refractivity contribution in [3.8, 4) is 0 Å². The molecule has 1 aromatic carbocycles. The van der Waals surface area contributed by atoms with Crippen molar-refractivity contribution in [3.63, 3.8) is 0 Å². The van der Waals surface area contributed by atoms with Crippen molar-refractivity contribution < 1.29 is 18.9 Å². The molecule has 2 aromatic rings. The van der Waals surface area contributed by atoms with Crippen molar-refractivity contribution >= 4 is 21.6 Å². The van der Waals surface area contributed by atoms with Gasteiger partial charge in [-0.15, -0.1) is 0 Å². The summed E-state index contributed by atoms with van der Waals surface area (Å²) in [4.78, 5) is 27.8. The largest absolute Gasteiger partial charge is 0.478 e. The molecule has 0 fully saturated rings. The highest BCUT2D eigenvalue weighted by molar-refractivity contribution is 7.94. The summed E-state index contributed by atoms with van der Waals surface area (Å²) in [6.45, 7) is 5.08. The lowest BCUT2D eigenvalue weighted by Gasteiger charge is -2.16. The zero-order valence-electron chi connectivity index (χ0n) is 13.6. The highest BCUT2D eigenvalue weighted by atomic mass is 32.2.